The molecule has 0 bridgehead atoms. The van der Waals surface area contributed by atoms with Crippen LogP contribution in [0, 0.1) is 5.41 Å². The molecular weight excluding hydrogens is 332 g/mol. The van der Waals surface area contributed by atoms with Crippen molar-refractivity contribution in [3.63, 3.8) is 0 Å². The van der Waals surface area contributed by atoms with Crippen molar-refractivity contribution < 1.29 is 0 Å². The Balaban J connectivity index is 2.13. The highest BCUT2D eigenvalue weighted by Crippen LogP contribution is 2.30. The van der Waals surface area contributed by atoms with E-state index in [0.717, 1.165) is 23.1 Å². The van der Waals surface area contributed by atoms with Gasteiger partial charge in [-0.25, -0.2) is 0 Å². The van der Waals surface area contributed by atoms with E-state index in [1.165, 1.54) is 4.90 Å². The minimum atomic E-state index is 0.366. The molecule has 2 aromatic rings. The number of nitrogens with one attached hydrogen (secondary N) is 1. The molecule has 0 aliphatic heterocycles. The molecule has 1 N–H and O–H groups in total. The molecule has 0 spiro atoms. The van der Waals surface area contributed by atoms with Crippen LogP contribution in [0.3, 0.4) is 0 Å². The first kappa shape index (κ1) is 15.4. The van der Waals surface area contributed by atoms with Gasteiger partial charge in [-0.3, -0.25) is 5.41 Å². The number of hydrogen-bond acceptors (Lipinski definition) is 2. The van der Waals surface area contributed by atoms with Gasteiger partial charge < -0.3 is 4.57 Å². The topological polar surface area (TPSA) is 28.8 Å². The molecule has 0 aliphatic rings. The summed E-state index contributed by atoms with van der Waals surface area (Å²) in [6.45, 7) is 2.20. The second kappa shape index (κ2) is 7.70. The summed E-state index contributed by atoms with van der Waals surface area (Å²) in [5.74, 6) is 0.983. The van der Waals surface area contributed by atoms with E-state index in [4.69, 9.17) is 5.41 Å². The van der Waals surface area contributed by atoms with Gasteiger partial charge in [0.15, 0.2) is 0 Å². The summed E-state index contributed by atoms with van der Waals surface area (Å²) in [5.41, 5.74) is 0.582. The van der Waals surface area contributed by atoms with Crippen LogP contribution in [-0.2, 0) is 0 Å². The Morgan fingerprint density at radius 1 is 1.20 bits per heavy atom. The number of rotatable bonds is 6. The van der Waals surface area contributed by atoms with E-state index < -0.39 is 0 Å². The number of thioether (sulfide) groups is 1. The Morgan fingerprint density at radius 3 is 2.65 bits per heavy atom. The first-order valence-electron chi connectivity index (χ1n) is 6.81. The number of aromatic nitrogens is 1. The van der Waals surface area contributed by atoms with Gasteiger partial charge in [0.1, 0.15) is 5.49 Å². The van der Waals surface area contributed by atoms with Crippen molar-refractivity contribution in [2.24, 2.45) is 0 Å². The molecular formula is C16H19BrN2S. The van der Waals surface area contributed by atoms with Gasteiger partial charge in [-0.15, -0.1) is 11.8 Å². The van der Waals surface area contributed by atoms with Gasteiger partial charge in [0.25, 0.3) is 0 Å². The molecule has 1 unspecified atom stereocenters. The fraction of sp³-hybridized carbons (Fsp3) is 0.312. The van der Waals surface area contributed by atoms with E-state index in [2.05, 4.69) is 45.6 Å². The van der Waals surface area contributed by atoms with E-state index in [1.54, 1.807) is 0 Å². The van der Waals surface area contributed by atoms with Gasteiger partial charge in [-0.1, -0.05) is 31.5 Å². The quantitative estimate of drug-likeness (QED) is 0.740. The van der Waals surface area contributed by atoms with E-state index in [9.17, 15) is 0 Å². The summed E-state index contributed by atoms with van der Waals surface area (Å²) in [5, 5.41) is 8.05. The van der Waals surface area contributed by atoms with Gasteiger partial charge in [-0.2, -0.15) is 0 Å². The van der Waals surface area contributed by atoms with Crippen molar-refractivity contribution in [1.29, 1.82) is 5.41 Å². The van der Waals surface area contributed by atoms with Crippen LogP contribution in [0.1, 0.15) is 25.8 Å². The fourth-order valence-corrected chi connectivity index (χ4v) is 3.87. The van der Waals surface area contributed by atoms with Gasteiger partial charge in [-0.05, 0) is 46.6 Å². The smallest absolute Gasteiger partial charge is 0.124 e. The van der Waals surface area contributed by atoms with E-state index in [0.29, 0.717) is 11.5 Å². The van der Waals surface area contributed by atoms with E-state index in [-0.39, 0.29) is 0 Å². The summed E-state index contributed by atoms with van der Waals surface area (Å²) in [6, 6.07) is 14.4. The van der Waals surface area contributed by atoms with Gasteiger partial charge in [0.2, 0.25) is 0 Å². The summed E-state index contributed by atoms with van der Waals surface area (Å²) in [7, 11) is 0. The molecule has 1 heterocycles. The molecule has 0 saturated carbocycles. The monoisotopic (exact) mass is 350 g/mol. The lowest BCUT2D eigenvalue weighted by molar-refractivity contribution is 0.486. The molecule has 1 aromatic heterocycles. The number of benzene rings is 1. The van der Waals surface area contributed by atoms with Crippen molar-refractivity contribution in [2.45, 2.75) is 30.7 Å². The van der Waals surface area contributed by atoms with Crippen LogP contribution in [0.25, 0.3) is 0 Å². The maximum atomic E-state index is 8.05. The highest BCUT2D eigenvalue weighted by atomic mass is 79.9. The molecule has 20 heavy (non-hydrogen) atoms. The predicted molar refractivity (Wildman–Crippen MR) is 89.1 cm³/mol. The minimum Gasteiger partial charge on any atom is -0.330 e. The van der Waals surface area contributed by atoms with Crippen LogP contribution < -0.4 is 5.49 Å². The Labute approximate surface area is 132 Å². The minimum absolute atomic E-state index is 0.366. The summed E-state index contributed by atoms with van der Waals surface area (Å²) in [6.07, 6.45) is 4.24. The number of pyridine rings is 1. The second-order valence-corrected chi connectivity index (χ2v) is 6.59. The van der Waals surface area contributed by atoms with Gasteiger partial charge in [0, 0.05) is 27.4 Å². The number of halogens is 1. The van der Waals surface area contributed by atoms with Crippen LogP contribution in [-0.4, -0.2) is 10.3 Å². The van der Waals surface area contributed by atoms with Gasteiger partial charge in [0.05, 0.1) is 0 Å². The second-order valence-electron chi connectivity index (χ2n) is 4.68. The average Bonchev–Trinajstić information content (AvgIpc) is 2.46. The van der Waals surface area contributed by atoms with E-state index in [1.807, 2.05) is 42.2 Å². The summed E-state index contributed by atoms with van der Waals surface area (Å²) < 4.78 is 3.22. The number of hydrogen-bond donors (Lipinski definition) is 1. The van der Waals surface area contributed by atoms with Gasteiger partial charge >= 0.3 is 0 Å². The molecule has 106 valence electrons. The standard InChI is InChI=1S/C16H19BrN2S/c1-2-7-13(19-11-6-5-10-16(19)18)12-20-15-9-4-3-8-14(15)17/h3-6,8-11,13,18H,2,7,12H2,1H3. The zero-order valence-electron chi connectivity index (χ0n) is 11.6. The zero-order valence-corrected chi connectivity index (χ0v) is 14.0. The fourth-order valence-electron chi connectivity index (χ4n) is 2.16. The third-order valence-corrected chi connectivity index (χ3v) is 5.35. The van der Waals surface area contributed by atoms with Crippen LogP contribution in [0.5, 0.6) is 0 Å². The lowest BCUT2D eigenvalue weighted by atomic mass is 10.2. The van der Waals surface area contributed by atoms with Crippen molar-refractivity contribution >= 4 is 27.7 Å². The number of nitrogens with zero attached hydrogens (tertiary/aromatic N) is 1. The molecule has 0 radical (unpaired) electrons. The van der Waals surface area contributed by atoms with Crippen molar-refractivity contribution in [2.75, 3.05) is 5.75 Å². The Morgan fingerprint density at radius 2 is 1.95 bits per heavy atom. The Bertz CT molecular complexity index is 609. The average molecular weight is 351 g/mol. The molecule has 0 aliphatic carbocycles. The summed E-state index contributed by atoms with van der Waals surface area (Å²) >= 11 is 5.44. The van der Waals surface area contributed by atoms with E-state index >= 15 is 0 Å². The van der Waals surface area contributed by atoms with Crippen molar-refractivity contribution in [3.05, 3.63) is 58.6 Å². The first-order chi connectivity index (χ1) is 9.72. The van der Waals surface area contributed by atoms with Crippen LogP contribution in [0.4, 0.5) is 0 Å². The Hall–Kier alpha value is -1.00. The molecule has 0 saturated heterocycles. The molecule has 0 amide bonds. The van der Waals surface area contributed by atoms with Crippen molar-refractivity contribution in [3.8, 4) is 0 Å². The summed E-state index contributed by atoms with van der Waals surface area (Å²) in [4.78, 5) is 1.26. The molecule has 4 heteroatoms. The largest absolute Gasteiger partial charge is 0.330 e. The lowest BCUT2D eigenvalue weighted by Crippen LogP contribution is -2.24. The normalized spacial score (nSPS) is 12.3. The van der Waals surface area contributed by atoms with Crippen LogP contribution >= 0.6 is 27.7 Å². The molecule has 1 atom stereocenters. The highest BCUT2D eigenvalue weighted by molar-refractivity contribution is 9.10. The third-order valence-electron chi connectivity index (χ3n) is 3.17. The zero-order chi connectivity index (χ0) is 14.4. The highest BCUT2D eigenvalue weighted by Gasteiger charge is 2.11. The van der Waals surface area contributed by atoms with Crippen LogP contribution in [0.2, 0.25) is 0 Å². The SMILES string of the molecule is CCCC(CSc1ccccc1Br)n1ccccc1=N. The molecule has 2 nitrogen and oxygen atoms in total. The Kier molecular flexibility index (Phi) is 5.92. The molecule has 1 aromatic carbocycles. The maximum Gasteiger partial charge on any atom is 0.124 e. The first-order valence-corrected chi connectivity index (χ1v) is 8.59. The lowest BCUT2D eigenvalue weighted by Gasteiger charge is -2.20. The molecule has 0 fully saturated rings. The third kappa shape index (κ3) is 4.00. The predicted octanol–water partition coefficient (Wildman–Crippen LogP) is 4.86. The van der Waals surface area contributed by atoms with Crippen molar-refractivity contribution in [1.82, 2.24) is 4.57 Å². The molecule has 2 rings (SSSR count). The van der Waals surface area contributed by atoms with Crippen LogP contribution in [0.15, 0.2) is 58.0 Å². The maximum absolute atomic E-state index is 8.05.